The van der Waals surface area contributed by atoms with Crippen LogP contribution in [0.25, 0.3) is 0 Å². The molecule has 0 aliphatic carbocycles. The molecular weight excluding hydrogens is 236 g/mol. The van der Waals surface area contributed by atoms with Gasteiger partial charge in [0, 0.05) is 12.6 Å². The second-order valence-corrected chi connectivity index (χ2v) is 6.78. The molecule has 0 radical (unpaired) electrons. The molecule has 3 aliphatic heterocycles. The standard InChI is InChI=1S/C12H20N2O2S/c15-11(16)9-4-8-17-12(13-9)5-7-14-6-2-1-3-10(12)14/h9-10,13H,1-8H2,(H,15,16). The Morgan fingerprint density at radius 1 is 1.35 bits per heavy atom. The van der Waals surface area contributed by atoms with E-state index in [0.717, 1.165) is 25.1 Å². The summed E-state index contributed by atoms with van der Waals surface area (Å²) in [5.74, 6) is 0.299. The van der Waals surface area contributed by atoms with Gasteiger partial charge in [-0.3, -0.25) is 15.0 Å². The van der Waals surface area contributed by atoms with E-state index < -0.39 is 5.97 Å². The molecule has 3 fully saturated rings. The minimum atomic E-state index is -0.682. The zero-order chi connectivity index (χ0) is 11.9. The number of nitrogens with one attached hydrogen (secondary N) is 1. The first-order valence-electron chi connectivity index (χ1n) is 6.60. The molecule has 0 saturated carbocycles. The number of carboxylic acids is 1. The average molecular weight is 256 g/mol. The van der Waals surface area contributed by atoms with E-state index in [1.165, 1.54) is 25.8 Å². The molecule has 0 aromatic rings. The van der Waals surface area contributed by atoms with Crippen LogP contribution in [0.15, 0.2) is 0 Å². The summed E-state index contributed by atoms with van der Waals surface area (Å²) in [4.78, 5) is 13.8. The van der Waals surface area contributed by atoms with Gasteiger partial charge in [0.05, 0.1) is 4.87 Å². The van der Waals surface area contributed by atoms with Gasteiger partial charge in [0.2, 0.25) is 0 Å². The van der Waals surface area contributed by atoms with Crippen LogP contribution in [0.2, 0.25) is 0 Å². The van der Waals surface area contributed by atoms with Crippen LogP contribution in [-0.2, 0) is 4.79 Å². The highest BCUT2D eigenvalue weighted by Crippen LogP contribution is 2.45. The summed E-state index contributed by atoms with van der Waals surface area (Å²) in [6, 6.07) is 0.224. The van der Waals surface area contributed by atoms with E-state index in [-0.39, 0.29) is 10.9 Å². The second-order valence-electron chi connectivity index (χ2n) is 5.36. The van der Waals surface area contributed by atoms with Crippen molar-refractivity contribution in [2.75, 3.05) is 18.8 Å². The van der Waals surface area contributed by atoms with E-state index in [0.29, 0.717) is 6.04 Å². The third-order valence-corrected chi connectivity index (χ3v) is 5.95. The molecule has 96 valence electrons. The van der Waals surface area contributed by atoms with E-state index in [4.69, 9.17) is 0 Å². The van der Waals surface area contributed by atoms with Crippen LogP contribution < -0.4 is 5.32 Å². The third kappa shape index (κ3) is 1.98. The molecule has 17 heavy (non-hydrogen) atoms. The van der Waals surface area contributed by atoms with Gasteiger partial charge in [0.15, 0.2) is 0 Å². The van der Waals surface area contributed by atoms with E-state index >= 15 is 0 Å². The average Bonchev–Trinajstić information content (AvgIpc) is 2.69. The summed E-state index contributed by atoms with van der Waals surface area (Å²) < 4.78 is 0. The fourth-order valence-electron chi connectivity index (χ4n) is 3.55. The molecule has 0 aromatic heterocycles. The highest BCUT2D eigenvalue weighted by molar-refractivity contribution is 8.00. The first-order chi connectivity index (χ1) is 8.21. The number of fused-ring (bicyclic) bond motifs is 2. The van der Waals surface area contributed by atoms with Crippen molar-refractivity contribution < 1.29 is 9.90 Å². The Morgan fingerprint density at radius 3 is 3.06 bits per heavy atom. The number of piperidine rings is 1. The molecule has 2 N–H and O–H groups in total. The molecule has 3 heterocycles. The number of hydrogen-bond acceptors (Lipinski definition) is 4. The summed E-state index contributed by atoms with van der Waals surface area (Å²) in [5, 5.41) is 12.6. The van der Waals surface area contributed by atoms with Crippen molar-refractivity contribution in [1.29, 1.82) is 0 Å². The summed E-state index contributed by atoms with van der Waals surface area (Å²) in [6.45, 7) is 2.34. The zero-order valence-electron chi connectivity index (χ0n) is 10.0. The van der Waals surface area contributed by atoms with Crippen molar-refractivity contribution in [1.82, 2.24) is 10.2 Å². The smallest absolute Gasteiger partial charge is 0.320 e. The van der Waals surface area contributed by atoms with Crippen LogP contribution in [-0.4, -0.2) is 51.8 Å². The Morgan fingerprint density at radius 2 is 2.24 bits per heavy atom. The summed E-state index contributed by atoms with van der Waals surface area (Å²) >= 11 is 1.96. The van der Waals surface area contributed by atoms with Crippen molar-refractivity contribution in [3.63, 3.8) is 0 Å². The number of carbonyl (C=O) groups is 1. The largest absolute Gasteiger partial charge is 0.480 e. The predicted molar refractivity (Wildman–Crippen MR) is 68.2 cm³/mol. The van der Waals surface area contributed by atoms with Crippen molar-refractivity contribution in [3.05, 3.63) is 0 Å². The van der Waals surface area contributed by atoms with Crippen molar-refractivity contribution in [2.24, 2.45) is 0 Å². The topological polar surface area (TPSA) is 52.6 Å². The molecule has 3 aliphatic rings. The Balaban J connectivity index is 1.78. The molecule has 1 spiro atoms. The van der Waals surface area contributed by atoms with Gasteiger partial charge in [-0.05, 0) is 38.0 Å². The number of rotatable bonds is 1. The SMILES string of the molecule is O=C(O)C1CCSC2(CCN3CCCCC32)N1. The zero-order valence-corrected chi connectivity index (χ0v) is 10.8. The Labute approximate surface area is 106 Å². The van der Waals surface area contributed by atoms with Crippen molar-refractivity contribution in [2.45, 2.75) is 49.1 Å². The minimum Gasteiger partial charge on any atom is -0.480 e. The van der Waals surface area contributed by atoms with Crippen LogP contribution in [0.5, 0.6) is 0 Å². The number of hydrogen-bond donors (Lipinski definition) is 2. The maximum Gasteiger partial charge on any atom is 0.320 e. The van der Waals surface area contributed by atoms with Gasteiger partial charge in [0.25, 0.3) is 0 Å². The maximum absolute atomic E-state index is 11.2. The van der Waals surface area contributed by atoms with Gasteiger partial charge in [-0.15, -0.1) is 11.8 Å². The third-order valence-electron chi connectivity index (χ3n) is 4.41. The molecule has 0 amide bonds. The van der Waals surface area contributed by atoms with Crippen LogP contribution in [0.4, 0.5) is 0 Å². The van der Waals surface area contributed by atoms with Gasteiger partial charge in [0.1, 0.15) is 6.04 Å². The molecule has 5 heteroatoms. The Hall–Kier alpha value is -0.260. The molecule has 4 nitrogen and oxygen atoms in total. The van der Waals surface area contributed by atoms with Crippen molar-refractivity contribution in [3.8, 4) is 0 Å². The molecule has 0 aromatic carbocycles. The Kier molecular flexibility index (Phi) is 3.09. The molecular formula is C12H20N2O2S. The van der Waals surface area contributed by atoms with Crippen molar-refractivity contribution >= 4 is 17.7 Å². The van der Waals surface area contributed by atoms with Gasteiger partial charge in [-0.1, -0.05) is 6.42 Å². The highest BCUT2D eigenvalue weighted by atomic mass is 32.2. The van der Waals surface area contributed by atoms with Gasteiger partial charge >= 0.3 is 5.97 Å². The summed E-state index contributed by atoms with van der Waals surface area (Å²) in [7, 11) is 0. The first-order valence-corrected chi connectivity index (χ1v) is 7.58. The quantitative estimate of drug-likeness (QED) is 0.736. The normalized spacial score (nSPS) is 42.6. The fraction of sp³-hybridized carbons (Fsp3) is 0.917. The van der Waals surface area contributed by atoms with Gasteiger partial charge < -0.3 is 5.11 Å². The number of aliphatic carboxylic acids is 1. The Bertz CT molecular complexity index is 326. The number of nitrogens with zero attached hydrogens (tertiary/aromatic N) is 1. The summed E-state index contributed by atoms with van der Waals surface area (Å²) in [5.41, 5.74) is 0. The lowest BCUT2D eigenvalue weighted by Gasteiger charge is -2.45. The lowest BCUT2D eigenvalue weighted by atomic mass is 9.97. The predicted octanol–water partition coefficient (Wildman–Crippen LogP) is 1.12. The van der Waals surface area contributed by atoms with Crippen LogP contribution >= 0.6 is 11.8 Å². The number of carboxylic acid groups (broad SMARTS) is 1. The first kappa shape index (κ1) is 11.8. The fourth-order valence-corrected chi connectivity index (χ4v) is 5.19. The van der Waals surface area contributed by atoms with E-state index in [1.807, 2.05) is 11.8 Å². The second kappa shape index (κ2) is 4.44. The molecule has 3 atom stereocenters. The van der Waals surface area contributed by atoms with Crippen LogP contribution in [0.3, 0.4) is 0 Å². The van der Waals surface area contributed by atoms with Gasteiger partial charge in [-0.2, -0.15) is 0 Å². The van der Waals surface area contributed by atoms with E-state index in [9.17, 15) is 9.90 Å². The summed E-state index contributed by atoms with van der Waals surface area (Å²) in [6.07, 6.45) is 5.69. The van der Waals surface area contributed by atoms with E-state index in [1.54, 1.807) is 0 Å². The molecule has 3 rings (SSSR count). The van der Waals surface area contributed by atoms with Gasteiger partial charge in [-0.25, -0.2) is 0 Å². The maximum atomic E-state index is 11.2. The number of thioether (sulfide) groups is 1. The molecule has 0 bridgehead atoms. The highest BCUT2D eigenvalue weighted by Gasteiger charge is 2.51. The minimum absolute atomic E-state index is 0.0295. The van der Waals surface area contributed by atoms with Crippen LogP contribution in [0.1, 0.15) is 32.1 Å². The molecule has 3 saturated heterocycles. The van der Waals surface area contributed by atoms with E-state index in [2.05, 4.69) is 10.2 Å². The monoisotopic (exact) mass is 256 g/mol. The lowest BCUT2D eigenvalue weighted by molar-refractivity contribution is -0.140. The molecule has 3 unspecified atom stereocenters. The van der Waals surface area contributed by atoms with Crippen LogP contribution in [0, 0.1) is 0 Å². The lowest BCUT2D eigenvalue weighted by Crippen LogP contribution is -2.60.